The van der Waals surface area contributed by atoms with Crippen LogP contribution in [-0.4, -0.2) is 29.0 Å². The number of pyridine rings is 1. The van der Waals surface area contributed by atoms with Crippen molar-refractivity contribution >= 4 is 34.2 Å². The number of nitrogen functional groups attached to an aromatic ring is 1. The Bertz CT molecular complexity index is 1460. The van der Waals surface area contributed by atoms with Gasteiger partial charge in [-0.15, -0.1) is 0 Å². The van der Waals surface area contributed by atoms with Gasteiger partial charge in [-0.1, -0.05) is 19.1 Å². The smallest absolute Gasteiger partial charge is 0.240 e. The standard InChI is InChI=1S/C28H29FN4O5/c1-4-6-7-16(5-2)31-26(35)28(10-11-28)27(36)32-17-8-9-22(19(29)12-17)38-23-15-25(30)33-20-14-21(34)24(37-3)13-18(20)23/h5-9,12-15,34H,4,10-11H2,1-3H3,(H2,30,33)(H,31,35)(H,32,36)/b7-6-,16-5+. The number of phenolic OH excluding ortho intramolecular Hbond substituents is 1. The number of nitrogens with one attached hydrogen (secondary N) is 2. The summed E-state index contributed by atoms with van der Waals surface area (Å²) in [5.74, 6) is -1.39. The number of halogens is 1. The predicted octanol–water partition coefficient (Wildman–Crippen LogP) is 5.17. The van der Waals surface area contributed by atoms with E-state index in [9.17, 15) is 14.7 Å². The van der Waals surface area contributed by atoms with E-state index >= 15 is 4.39 Å². The van der Waals surface area contributed by atoms with Gasteiger partial charge in [0.2, 0.25) is 11.8 Å². The summed E-state index contributed by atoms with van der Waals surface area (Å²) < 4.78 is 26.0. The molecule has 1 aliphatic rings. The number of anilines is 2. The molecule has 38 heavy (non-hydrogen) atoms. The van der Waals surface area contributed by atoms with Crippen LogP contribution in [0.25, 0.3) is 10.9 Å². The van der Waals surface area contributed by atoms with Crippen LogP contribution in [0.5, 0.6) is 23.0 Å². The number of allylic oxidation sites excluding steroid dienone is 3. The molecule has 1 fully saturated rings. The number of methoxy groups -OCH3 is 1. The average molecular weight is 521 g/mol. The molecule has 198 valence electrons. The summed E-state index contributed by atoms with van der Waals surface area (Å²) in [5, 5.41) is 15.9. The number of carbonyl (C=O) groups is 2. The lowest BCUT2D eigenvalue weighted by molar-refractivity contribution is -0.133. The van der Waals surface area contributed by atoms with Crippen molar-refractivity contribution in [3.63, 3.8) is 0 Å². The molecule has 2 aromatic carbocycles. The van der Waals surface area contributed by atoms with Crippen molar-refractivity contribution in [2.45, 2.75) is 33.1 Å². The summed E-state index contributed by atoms with van der Waals surface area (Å²) in [4.78, 5) is 30.0. The number of fused-ring (bicyclic) bond motifs is 1. The molecular formula is C28H29FN4O5. The molecular weight excluding hydrogens is 491 g/mol. The van der Waals surface area contributed by atoms with E-state index in [0.29, 0.717) is 29.4 Å². The van der Waals surface area contributed by atoms with Crippen molar-refractivity contribution < 1.29 is 28.6 Å². The topological polar surface area (TPSA) is 136 Å². The van der Waals surface area contributed by atoms with Crippen LogP contribution in [0.1, 0.15) is 33.1 Å². The molecule has 1 aromatic heterocycles. The molecule has 2 amide bonds. The fourth-order valence-corrected chi connectivity index (χ4v) is 3.90. The zero-order valence-electron chi connectivity index (χ0n) is 21.3. The molecule has 0 aliphatic heterocycles. The van der Waals surface area contributed by atoms with Gasteiger partial charge < -0.3 is 30.9 Å². The first kappa shape index (κ1) is 26.5. The zero-order valence-corrected chi connectivity index (χ0v) is 21.3. The molecule has 0 unspecified atom stereocenters. The number of hydrogen-bond donors (Lipinski definition) is 4. The second kappa shape index (κ2) is 10.8. The average Bonchev–Trinajstić information content (AvgIpc) is 3.70. The highest BCUT2D eigenvalue weighted by Gasteiger charge is 2.56. The van der Waals surface area contributed by atoms with Crippen molar-refractivity contribution in [2.75, 3.05) is 18.2 Å². The lowest BCUT2D eigenvalue weighted by atomic mass is 10.0. The van der Waals surface area contributed by atoms with Crippen molar-refractivity contribution in [1.82, 2.24) is 10.3 Å². The van der Waals surface area contributed by atoms with E-state index < -0.39 is 23.0 Å². The van der Waals surface area contributed by atoms with Crippen molar-refractivity contribution in [3.05, 3.63) is 66.1 Å². The van der Waals surface area contributed by atoms with Crippen LogP contribution in [0.15, 0.2) is 60.3 Å². The van der Waals surface area contributed by atoms with Crippen molar-refractivity contribution in [3.8, 4) is 23.0 Å². The van der Waals surface area contributed by atoms with Gasteiger partial charge in [0.05, 0.1) is 12.6 Å². The third-order valence-electron chi connectivity index (χ3n) is 6.22. The van der Waals surface area contributed by atoms with Gasteiger partial charge in [-0.05, 0) is 50.5 Å². The first-order valence-corrected chi connectivity index (χ1v) is 12.1. The number of nitrogens with zero attached hydrogens (tertiary/aromatic N) is 1. The molecule has 3 aromatic rings. The van der Waals surface area contributed by atoms with Crippen LogP contribution in [0.2, 0.25) is 0 Å². The van der Waals surface area contributed by atoms with Crippen LogP contribution in [0, 0.1) is 11.2 Å². The number of hydrogen-bond acceptors (Lipinski definition) is 7. The van der Waals surface area contributed by atoms with E-state index in [1.165, 1.54) is 37.4 Å². The Morgan fingerprint density at radius 3 is 2.55 bits per heavy atom. The minimum absolute atomic E-state index is 0.112. The minimum Gasteiger partial charge on any atom is -0.504 e. The first-order valence-electron chi connectivity index (χ1n) is 12.1. The number of rotatable bonds is 9. The van der Waals surface area contributed by atoms with Gasteiger partial charge in [0, 0.05) is 35.0 Å². The second-order valence-electron chi connectivity index (χ2n) is 8.88. The Hall–Kier alpha value is -4.60. The Labute approximate surface area is 219 Å². The number of benzene rings is 2. The van der Waals surface area contributed by atoms with E-state index in [-0.39, 0.29) is 34.5 Å². The Morgan fingerprint density at radius 2 is 1.92 bits per heavy atom. The maximum Gasteiger partial charge on any atom is 0.240 e. The van der Waals surface area contributed by atoms with Gasteiger partial charge in [0.25, 0.3) is 0 Å². The Morgan fingerprint density at radius 1 is 1.16 bits per heavy atom. The van der Waals surface area contributed by atoms with Crippen molar-refractivity contribution in [2.24, 2.45) is 5.41 Å². The number of ether oxygens (including phenoxy) is 2. The summed E-state index contributed by atoms with van der Waals surface area (Å²) >= 11 is 0. The highest BCUT2D eigenvalue weighted by Crippen LogP contribution is 2.47. The third-order valence-corrected chi connectivity index (χ3v) is 6.22. The van der Waals surface area contributed by atoms with Gasteiger partial charge in [-0.25, -0.2) is 9.37 Å². The molecule has 0 bridgehead atoms. The van der Waals surface area contributed by atoms with Gasteiger partial charge in [0.1, 0.15) is 17.0 Å². The van der Waals surface area contributed by atoms with Crippen LogP contribution in [0.3, 0.4) is 0 Å². The number of aromatic hydroxyl groups is 1. The van der Waals surface area contributed by atoms with E-state index in [0.717, 1.165) is 12.5 Å². The Kier molecular flexibility index (Phi) is 7.52. The fraction of sp³-hybridized carbons (Fsp3) is 0.250. The molecule has 1 saturated carbocycles. The number of nitrogens with two attached hydrogens (primary N) is 1. The molecule has 0 saturated heterocycles. The van der Waals surface area contributed by atoms with E-state index in [1.807, 2.05) is 13.0 Å². The highest BCUT2D eigenvalue weighted by molar-refractivity contribution is 6.13. The summed E-state index contributed by atoms with van der Waals surface area (Å²) in [7, 11) is 1.40. The van der Waals surface area contributed by atoms with E-state index in [2.05, 4.69) is 15.6 Å². The number of carbonyl (C=O) groups excluding carboxylic acids is 2. The number of amides is 2. The summed E-state index contributed by atoms with van der Waals surface area (Å²) in [6.07, 6.45) is 7.07. The van der Waals surface area contributed by atoms with Crippen LogP contribution in [-0.2, 0) is 9.59 Å². The number of aromatic nitrogens is 1. The van der Waals surface area contributed by atoms with Gasteiger partial charge in [-0.2, -0.15) is 0 Å². The Balaban J connectivity index is 1.51. The molecule has 5 N–H and O–H groups in total. The molecule has 9 nitrogen and oxygen atoms in total. The molecule has 0 radical (unpaired) electrons. The van der Waals surface area contributed by atoms with Crippen LogP contribution >= 0.6 is 0 Å². The largest absolute Gasteiger partial charge is 0.504 e. The molecule has 0 atom stereocenters. The maximum absolute atomic E-state index is 15.0. The van der Waals surface area contributed by atoms with Gasteiger partial charge >= 0.3 is 0 Å². The van der Waals surface area contributed by atoms with Gasteiger partial charge in [-0.3, -0.25) is 9.59 Å². The minimum atomic E-state index is -1.20. The molecule has 1 aliphatic carbocycles. The van der Waals surface area contributed by atoms with Crippen LogP contribution < -0.4 is 25.8 Å². The SMILES string of the molecule is C/C=C(\C=C/CC)NC(=O)C1(C(=O)Nc2ccc(Oc3cc(N)nc4cc(O)c(OC)cc34)c(F)c2)CC1. The predicted molar refractivity (Wildman–Crippen MR) is 142 cm³/mol. The quantitative estimate of drug-likeness (QED) is 0.226. The molecule has 10 heteroatoms. The third kappa shape index (κ3) is 5.39. The van der Waals surface area contributed by atoms with Crippen LogP contribution in [0.4, 0.5) is 15.9 Å². The fourth-order valence-electron chi connectivity index (χ4n) is 3.90. The number of phenols is 1. The molecule has 1 heterocycles. The monoisotopic (exact) mass is 520 g/mol. The summed E-state index contributed by atoms with van der Waals surface area (Å²) in [5.41, 5.74) is 5.80. The van der Waals surface area contributed by atoms with E-state index in [1.54, 1.807) is 19.1 Å². The zero-order chi connectivity index (χ0) is 27.4. The molecule has 0 spiro atoms. The van der Waals surface area contributed by atoms with E-state index in [4.69, 9.17) is 15.2 Å². The first-order chi connectivity index (χ1) is 18.2. The van der Waals surface area contributed by atoms with Crippen molar-refractivity contribution in [1.29, 1.82) is 0 Å². The summed E-state index contributed by atoms with van der Waals surface area (Å²) in [6.45, 7) is 3.78. The normalized spacial score (nSPS) is 14.4. The lowest BCUT2D eigenvalue weighted by Crippen LogP contribution is -2.39. The van der Waals surface area contributed by atoms with Gasteiger partial charge in [0.15, 0.2) is 23.1 Å². The maximum atomic E-state index is 15.0. The summed E-state index contributed by atoms with van der Waals surface area (Å²) in [6, 6.07) is 8.26. The highest BCUT2D eigenvalue weighted by atomic mass is 19.1. The second-order valence-corrected chi connectivity index (χ2v) is 8.88. The molecule has 4 rings (SSSR count). The lowest BCUT2D eigenvalue weighted by Gasteiger charge is -2.16.